The van der Waals surface area contributed by atoms with Crippen LogP contribution in [0.15, 0.2) is 36.4 Å². The molecule has 0 aliphatic heterocycles. The minimum absolute atomic E-state index is 0.0996. The first-order valence-electron chi connectivity index (χ1n) is 10.7. The molecule has 0 aliphatic carbocycles. The lowest BCUT2D eigenvalue weighted by molar-refractivity contribution is -0.132. The molecule has 2 unspecified atom stereocenters. The molecule has 33 heavy (non-hydrogen) atoms. The Hall–Kier alpha value is -2.78. The summed E-state index contributed by atoms with van der Waals surface area (Å²) >= 11 is 0. The van der Waals surface area contributed by atoms with Gasteiger partial charge in [-0.2, -0.15) is 0 Å². The van der Waals surface area contributed by atoms with Gasteiger partial charge in [0.15, 0.2) is 0 Å². The van der Waals surface area contributed by atoms with Crippen LogP contribution in [0.5, 0.6) is 11.5 Å². The second kappa shape index (κ2) is 11.4. The molecule has 0 spiro atoms. The number of aliphatic hydroxyl groups is 4. The molecule has 8 nitrogen and oxygen atoms in total. The summed E-state index contributed by atoms with van der Waals surface area (Å²) in [5.74, 6) is -0.359. The summed E-state index contributed by atoms with van der Waals surface area (Å²) in [5, 5.41) is 38.4. The zero-order chi connectivity index (χ0) is 24.8. The number of hydrogen-bond acceptors (Lipinski definition) is 8. The smallest absolute Gasteiger partial charge is 0.308 e. The highest BCUT2D eigenvalue weighted by Gasteiger charge is 2.26. The van der Waals surface area contributed by atoms with Gasteiger partial charge in [0.25, 0.3) is 0 Å². The Bertz CT molecular complexity index is 905. The van der Waals surface area contributed by atoms with Gasteiger partial charge in [-0.05, 0) is 34.4 Å². The maximum atomic E-state index is 11.5. The van der Waals surface area contributed by atoms with Crippen LogP contribution < -0.4 is 9.47 Å². The average molecular weight is 461 g/mol. The van der Waals surface area contributed by atoms with E-state index in [4.69, 9.17) is 9.47 Å². The summed E-state index contributed by atoms with van der Waals surface area (Å²) in [5.41, 5.74) is 2.29. The fourth-order valence-electron chi connectivity index (χ4n) is 3.57. The van der Waals surface area contributed by atoms with Gasteiger partial charge in [-0.15, -0.1) is 0 Å². The number of benzene rings is 2. The molecule has 0 saturated carbocycles. The quantitative estimate of drug-likeness (QED) is 0.311. The number of aliphatic hydroxyl groups excluding tert-OH is 4. The SMILES string of the molecule is CC(=O)Oc1ccc(C(C)(C)c2ccc(OC(C)=O)c(CC(O)CO)c2)cc1CC(O)CO. The van der Waals surface area contributed by atoms with Crippen molar-refractivity contribution in [3.8, 4) is 11.5 Å². The first kappa shape index (κ1) is 26.5. The minimum Gasteiger partial charge on any atom is -0.426 e. The Kier molecular flexibility index (Phi) is 9.13. The van der Waals surface area contributed by atoms with E-state index in [2.05, 4.69) is 0 Å². The third-order valence-electron chi connectivity index (χ3n) is 5.40. The summed E-state index contributed by atoms with van der Waals surface area (Å²) in [6.07, 6.45) is -1.82. The molecule has 0 bridgehead atoms. The van der Waals surface area contributed by atoms with Crippen LogP contribution in [-0.2, 0) is 27.8 Å². The third kappa shape index (κ3) is 7.10. The molecule has 0 saturated heterocycles. The van der Waals surface area contributed by atoms with Gasteiger partial charge < -0.3 is 29.9 Å². The highest BCUT2D eigenvalue weighted by atomic mass is 16.5. The van der Waals surface area contributed by atoms with Crippen molar-refractivity contribution in [3.05, 3.63) is 58.7 Å². The Morgan fingerprint density at radius 1 is 0.788 bits per heavy atom. The van der Waals surface area contributed by atoms with Gasteiger partial charge in [0.2, 0.25) is 0 Å². The fraction of sp³-hybridized carbons (Fsp3) is 0.440. The molecule has 180 valence electrons. The van der Waals surface area contributed by atoms with Crippen LogP contribution in [0.25, 0.3) is 0 Å². The lowest BCUT2D eigenvalue weighted by Gasteiger charge is -2.28. The van der Waals surface area contributed by atoms with Gasteiger partial charge in [0.1, 0.15) is 11.5 Å². The number of esters is 2. The monoisotopic (exact) mass is 460 g/mol. The molecule has 2 aromatic carbocycles. The van der Waals surface area contributed by atoms with Crippen molar-refractivity contribution < 1.29 is 39.5 Å². The zero-order valence-electron chi connectivity index (χ0n) is 19.4. The lowest BCUT2D eigenvalue weighted by Crippen LogP contribution is -2.22. The molecule has 4 N–H and O–H groups in total. The normalized spacial score (nSPS) is 13.3. The van der Waals surface area contributed by atoms with E-state index in [1.807, 2.05) is 38.1 Å². The lowest BCUT2D eigenvalue weighted by atomic mass is 9.76. The second-order valence-corrected chi connectivity index (χ2v) is 8.54. The van der Waals surface area contributed by atoms with Crippen molar-refractivity contribution in [1.29, 1.82) is 0 Å². The van der Waals surface area contributed by atoms with Gasteiger partial charge in [-0.3, -0.25) is 9.59 Å². The zero-order valence-corrected chi connectivity index (χ0v) is 19.4. The Morgan fingerprint density at radius 3 is 1.45 bits per heavy atom. The van der Waals surface area contributed by atoms with Crippen molar-refractivity contribution in [3.63, 3.8) is 0 Å². The second-order valence-electron chi connectivity index (χ2n) is 8.54. The summed E-state index contributed by atoms with van der Waals surface area (Å²) < 4.78 is 10.5. The maximum Gasteiger partial charge on any atom is 0.308 e. The number of carbonyl (C=O) groups is 2. The van der Waals surface area contributed by atoms with Gasteiger partial charge in [0, 0.05) is 32.1 Å². The van der Waals surface area contributed by atoms with Crippen LogP contribution in [0.1, 0.15) is 49.9 Å². The highest BCUT2D eigenvalue weighted by molar-refractivity contribution is 5.70. The number of rotatable bonds is 10. The summed E-state index contributed by atoms with van der Waals surface area (Å²) in [6, 6.07) is 10.6. The van der Waals surface area contributed by atoms with Crippen molar-refractivity contribution in [2.24, 2.45) is 0 Å². The van der Waals surface area contributed by atoms with Crippen LogP contribution in [0.4, 0.5) is 0 Å². The first-order valence-corrected chi connectivity index (χ1v) is 10.7. The molecule has 2 atom stereocenters. The van der Waals surface area contributed by atoms with E-state index < -0.39 is 42.8 Å². The van der Waals surface area contributed by atoms with Crippen molar-refractivity contribution in [2.45, 2.75) is 58.2 Å². The number of ether oxygens (including phenoxy) is 2. The molecule has 0 heterocycles. The molecule has 2 rings (SSSR count). The maximum absolute atomic E-state index is 11.5. The third-order valence-corrected chi connectivity index (χ3v) is 5.40. The Balaban J connectivity index is 2.52. The van der Waals surface area contributed by atoms with Gasteiger partial charge in [-0.25, -0.2) is 0 Å². The number of hydrogen-bond donors (Lipinski definition) is 4. The Labute approximate surface area is 193 Å². The predicted octanol–water partition coefficient (Wildman–Crippen LogP) is 1.65. The van der Waals surface area contributed by atoms with Gasteiger partial charge >= 0.3 is 11.9 Å². The summed E-state index contributed by atoms with van der Waals surface area (Å²) in [6.45, 7) is 5.68. The molecule has 0 radical (unpaired) electrons. The van der Waals surface area contributed by atoms with E-state index in [-0.39, 0.29) is 12.8 Å². The highest BCUT2D eigenvalue weighted by Crippen LogP contribution is 2.37. The standard InChI is InChI=1S/C25H32O8/c1-15(28)32-23-7-5-19(9-17(23)11-21(30)13-26)25(3,4)20-6-8-24(33-16(2)29)18(10-20)12-22(31)14-27/h5-10,21-22,26-27,30-31H,11-14H2,1-4H3. The van der Waals surface area contributed by atoms with E-state index >= 15 is 0 Å². The van der Waals surface area contributed by atoms with E-state index in [0.717, 1.165) is 11.1 Å². The molecule has 8 heteroatoms. The van der Waals surface area contributed by atoms with E-state index in [9.17, 15) is 30.0 Å². The molecule has 0 amide bonds. The largest absolute Gasteiger partial charge is 0.426 e. The minimum atomic E-state index is -1.01. The average Bonchev–Trinajstić information content (AvgIpc) is 2.74. The predicted molar refractivity (Wildman–Crippen MR) is 121 cm³/mol. The van der Waals surface area contributed by atoms with Gasteiger partial charge in [-0.1, -0.05) is 38.1 Å². The topological polar surface area (TPSA) is 134 Å². The van der Waals surface area contributed by atoms with Crippen molar-refractivity contribution in [2.75, 3.05) is 13.2 Å². The van der Waals surface area contributed by atoms with Gasteiger partial charge in [0.05, 0.1) is 25.4 Å². The van der Waals surface area contributed by atoms with Crippen LogP contribution in [0.2, 0.25) is 0 Å². The van der Waals surface area contributed by atoms with Crippen LogP contribution in [-0.4, -0.2) is 57.8 Å². The van der Waals surface area contributed by atoms with Crippen LogP contribution >= 0.6 is 0 Å². The summed E-state index contributed by atoms with van der Waals surface area (Å²) in [7, 11) is 0. The first-order chi connectivity index (χ1) is 15.5. The van der Waals surface area contributed by atoms with Crippen LogP contribution in [0.3, 0.4) is 0 Å². The molecular weight excluding hydrogens is 428 g/mol. The van der Waals surface area contributed by atoms with Crippen LogP contribution in [0, 0.1) is 0 Å². The fourth-order valence-corrected chi connectivity index (χ4v) is 3.57. The molecule has 0 aliphatic rings. The molecule has 0 fully saturated rings. The molecular formula is C25H32O8. The van der Waals surface area contributed by atoms with Crippen molar-refractivity contribution >= 4 is 11.9 Å². The van der Waals surface area contributed by atoms with E-state index in [0.29, 0.717) is 22.6 Å². The Morgan fingerprint density at radius 2 is 1.15 bits per heavy atom. The molecule has 2 aromatic rings. The van der Waals surface area contributed by atoms with Crippen molar-refractivity contribution in [1.82, 2.24) is 0 Å². The van der Waals surface area contributed by atoms with E-state index in [1.165, 1.54) is 13.8 Å². The van der Waals surface area contributed by atoms with E-state index in [1.54, 1.807) is 12.1 Å². The molecule has 0 aromatic heterocycles. The summed E-state index contributed by atoms with van der Waals surface area (Å²) in [4.78, 5) is 22.9. The number of carbonyl (C=O) groups excluding carboxylic acids is 2.